The van der Waals surface area contributed by atoms with Gasteiger partial charge in [-0.3, -0.25) is 4.68 Å². The van der Waals surface area contributed by atoms with Crippen LogP contribution in [0.5, 0.6) is 0 Å². The van der Waals surface area contributed by atoms with Crippen LogP contribution in [0.4, 0.5) is 0 Å². The summed E-state index contributed by atoms with van der Waals surface area (Å²) < 4.78 is 7.82. The number of rotatable bonds is 5. The van der Waals surface area contributed by atoms with Crippen molar-refractivity contribution in [3.8, 4) is 0 Å². The highest BCUT2D eigenvalue weighted by Gasteiger charge is 2.33. The van der Waals surface area contributed by atoms with E-state index in [1.54, 1.807) is 0 Å². The maximum atomic E-state index is 10.5. The molecule has 0 amide bonds. The van der Waals surface area contributed by atoms with Crippen LogP contribution in [0.15, 0.2) is 12.3 Å². The first-order valence-corrected chi connectivity index (χ1v) is 8.61. The largest absolute Gasteiger partial charge is 0.392 e. The molecule has 0 aromatic carbocycles. The van der Waals surface area contributed by atoms with E-state index in [4.69, 9.17) is 9.84 Å². The first kappa shape index (κ1) is 15.0. The van der Waals surface area contributed by atoms with E-state index < -0.39 is 0 Å². The smallest absolute Gasteiger partial charge is 0.0650 e. The molecule has 1 aliphatic heterocycles. The molecule has 0 bridgehead atoms. The third-order valence-corrected chi connectivity index (χ3v) is 5.19. The van der Waals surface area contributed by atoms with Crippen molar-refractivity contribution < 1.29 is 9.84 Å². The summed E-state index contributed by atoms with van der Waals surface area (Å²) in [7, 11) is 0. The summed E-state index contributed by atoms with van der Waals surface area (Å²) in [6.45, 7) is 2.92. The number of aliphatic hydroxyl groups excluding tert-OH is 1. The molecule has 3 atom stereocenters. The molecule has 4 nitrogen and oxygen atoms in total. The number of aliphatic hydroxyl groups is 1. The first-order valence-electron chi connectivity index (χ1n) is 8.61. The summed E-state index contributed by atoms with van der Waals surface area (Å²) in [6.07, 6.45) is 11.1. The lowest BCUT2D eigenvalue weighted by molar-refractivity contribution is 0.0313. The molecule has 1 saturated carbocycles. The Morgan fingerprint density at radius 1 is 1.33 bits per heavy atom. The molecule has 0 spiro atoms. The molecule has 1 saturated heterocycles. The number of ether oxygens (including phenoxy) is 1. The van der Waals surface area contributed by atoms with Crippen molar-refractivity contribution >= 4 is 0 Å². The Bertz CT molecular complexity index is 440. The fourth-order valence-corrected chi connectivity index (χ4v) is 3.93. The lowest BCUT2D eigenvalue weighted by Crippen LogP contribution is -2.29. The number of nitrogens with zero attached hydrogens (tertiary/aromatic N) is 2. The Kier molecular flexibility index (Phi) is 4.96. The predicted molar refractivity (Wildman–Crippen MR) is 82.2 cm³/mol. The maximum absolute atomic E-state index is 10.5. The summed E-state index contributed by atoms with van der Waals surface area (Å²) >= 11 is 0. The second-order valence-corrected chi connectivity index (χ2v) is 6.62. The van der Waals surface area contributed by atoms with E-state index in [1.807, 2.05) is 0 Å². The van der Waals surface area contributed by atoms with Gasteiger partial charge in [0.1, 0.15) is 0 Å². The molecular formula is C17H28N2O2. The third-order valence-electron chi connectivity index (χ3n) is 5.19. The van der Waals surface area contributed by atoms with E-state index in [-0.39, 0.29) is 18.1 Å². The fraction of sp³-hybridized carbons (Fsp3) is 0.824. The Morgan fingerprint density at radius 2 is 2.14 bits per heavy atom. The second-order valence-electron chi connectivity index (χ2n) is 6.62. The van der Waals surface area contributed by atoms with E-state index in [0.717, 1.165) is 25.1 Å². The maximum Gasteiger partial charge on any atom is 0.0650 e. The highest BCUT2D eigenvalue weighted by atomic mass is 16.5. The van der Waals surface area contributed by atoms with Crippen molar-refractivity contribution in [3.63, 3.8) is 0 Å². The van der Waals surface area contributed by atoms with Gasteiger partial charge in [0.25, 0.3) is 0 Å². The van der Waals surface area contributed by atoms with E-state index in [2.05, 4.69) is 23.9 Å². The van der Waals surface area contributed by atoms with Crippen LogP contribution < -0.4 is 0 Å². The summed E-state index contributed by atoms with van der Waals surface area (Å²) in [6, 6.07) is 2.65. The van der Waals surface area contributed by atoms with E-state index in [9.17, 15) is 5.11 Å². The van der Waals surface area contributed by atoms with Gasteiger partial charge in [-0.15, -0.1) is 0 Å². The van der Waals surface area contributed by atoms with Crippen molar-refractivity contribution in [1.82, 2.24) is 9.78 Å². The van der Waals surface area contributed by atoms with Crippen LogP contribution in [-0.4, -0.2) is 33.7 Å². The molecule has 2 heterocycles. The summed E-state index contributed by atoms with van der Waals surface area (Å²) in [5.41, 5.74) is 1.02. The Labute approximate surface area is 127 Å². The first-order chi connectivity index (χ1) is 10.3. The van der Waals surface area contributed by atoms with Gasteiger partial charge in [0.2, 0.25) is 0 Å². The molecule has 1 N–H and O–H groups in total. The molecule has 3 rings (SSSR count). The zero-order valence-electron chi connectivity index (χ0n) is 13.1. The van der Waals surface area contributed by atoms with Crippen LogP contribution in [0.1, 0.15) is 63.6 Å². The third kappa shape index (κ3) is 3.49. The van der Waals surface area contributed by atoms with E-state index in [0.29, 0.717) is 12.5 Å². The standard InChI is InChI=1S/C17H28N2O2/c1-2-17-15(9-11-21-17)16(20)12-13-8-10-19(18-13)14-6-4-3-5-7-14/h8,10,14-17,20H,2-7,9,11-12H2,1H3. The van der Waals surface area contributed by atoms with Gasteiger partial charge >= 0.3 is 0 Å². The van der Waals surface area contributed by atoms with Crippen LogP contribution in [0.2, 0.25) is 0 Å². The number of aromatic nitrogens is 2. The summed E-state index contributed by atoms with van der Waals surface area (Å²) in [5.74, 6) is 0.273. The average Bonchev–Trinajstić information content (AvgIpc) is 3.16. The van der Waals surface area contributed by atoms with Crippen molar-refractivity contribution in [2.45, 2.75) is 76.5 Å². The van der Waals surface area contributed by atoms with Crippen molar-refractivity contribution in [2.75, 3.05) is 6.61 Å². The minimum atomic E-state index is -0.327. The van der Waals surface area contributed by atoms with Crippen LogP contribution >= 0.6 is 0 Å². The summed E-state index contributed by atoms with van der Waals surface area (Å²) in [5, 5.41) is 15.2. The van der Waals surface area contributed by atoms with Crippen LogP contribution in [0.25, 0.3) is 0 Å². The quantitative estimate of drug-likeness (QED) is 0.907. The molecule has 2 fully saturated rings. The lowest BCUT2D eigenvalue weighted by Gasteiger charge is -2.23. The molecule has 1 aromatic rings. The normalized spacial score (nSPS) is 28.9. The van der Waals surface area contributed by atoms with Crippen LogP contribution in [0.3, 0.4) is 0 Å². The lowest BCUT2D eigenvalue weighted by atomic mass is 9.91. The predicted octanol–water partition coefficient (Wildman–Crippen LogP) is 3.11. The fourth-order valence-electron chi connectivity index (χ4n) is 3.93. The molecule has 2 aliphatic rings. The molecule has 21 heavy (non-hydrogen) atoms. The molecule has 1 aliphatic carbocycles. The monoisotopic (exact) mass is 292 g/mol. The van der Waals surface area contributed by atoms with Gasteiger partial charge in [0.15, 0.2) is 0 Å². The van der Waals surface area contributed by atoms with Gasteiger partial charge in [-0.2, -0.15) is 5.10 Å². The Hall–Kier alpha value is -0.870. The molecule has 4 heteroatoms. The van der Waals surface area contributed by atoms with Gasteiger partial charge in [-0.25, -0.2) is 0 Å². The SMILES string of the molecule is CCC1OCCC1C(O)Cc1ccn(C2CCCCC2)n1. The van der Waals surface area contributed by atoms with Gasteiger partial charge in [-0.05, 0) is 31.7 Å². The van der Waals surface area contributed by atoms with Crippen molar-refractivity contribution in [2.24, 2.45) is 5.92 Å². The zero-order chi connectivity index (χ0) is 14.7. The highest BCUT2D eigenvalue weighted by Crippen LogP contribution is 2.29. The number of hydrogen-bond donors (Lipinski definition) is 1. The van der Waals surface area contributed by atoms with E-state index >= 15 is 0 Å². The topological polar surface area (TPSA) is 47.3 Å². The molecular weight excluding hydrogens is 264 g/mol. The molecule has 118 valence electrons. The average molecular weight is 292 g/mol. The zero-order valence-corrected chi connectivity index (χ0v) is 13.1. The number of hydrogen-bond acceptors (Lipinski definition) is 3. The Balaban J connectivity index is 1.58. The van der Waals surface area contributed by atoms with Gasteiger partial charge < -0.3 is 9.84 Å². The summed E-state index contributed by atoms with van der Waals surface area (Å²) in [4.78, 5) is 0. The van der Waals surface area contributed by atoms with Gasteiger partial charge in [0.05, 0.1) is 23.9 Å². The van der Waals surface area contributed by atoms with Crippen LogP contribution in [0, 0.1) is 5.92 Å². The van der Waals surface area contributed by atoms with Crippen molar-refractivity contribution in [3.05, 3.63) is 18.0 Å². The molecule has 1 aromatic heterocycles. The Morgan fingerprint density at radius 3 is 2.90 bits per heavy atom. The van der Waals surface area contributed by atoms with Gasteiger partial charge in [-0.1, -0.05) is 26.2 Å². The van der Waals surface area contributed by atoms with Crippen molar-refractivity contribution in [1.29, 1.82) is 0 Å². The molecule has 0 radical (unpaired) electrons. The molecule has 3 unspecified atom stereocenters. The second kappa shape index (κ2) is 6.93. The van der Waals surface area contributed by atoms with Crippen LogP contribution in [-0.2, 0) is 11.2 Å². The van der Waals surface area contributed by atoms with E-state index in [1.165, 1.54) is 32.1 Å². The minimum absolute atomic E-state index is 0.223. The van der Waals surface area contributed by atoms with Gasteiger partial charge in [0, 0.05) is 25.1 Å². The minimum Gasteiger partial charge on any atom is -0.392 e. The highest BCUT2D eigenvalue weighted by molar-refractivity contribution is 5.03.